The topological polar surface area (TPSA) is 58.6 Å². The molecule has 5 nitrogen and oxygen atoms in total. The van der Waals surface area contributed by atoms with Crippen molar-refractivity contribution < 1.29 is 13.2 Å². The molecule has 0 unspecified atom stereocenters. The van der Waals surface area contributed by atoms with Crippen LogP contribution in [0.1, 0.15) is 17.2 Å². The van der Waals surface area contributed by atoms with Gasteiger partial charge in [0.15, 0.2) is 0 Å². The lowest BCUT2D eigenvalue weighted by Crippen LogP contribution is -2.44. The third-order valence-corrected chi connectivity index (χ3v) is 7.34. The Labute approximate surface area is 173 Å². The smallest absolute Gasteiger partial charge is 0.241 e. The van der Waals surface area contributed by atoms with E-state index in [0.29, 0.717) is 22.7 Å². The largest absolute Gasteiger partial charge is 0.379 e. The Morgan fingerprint density at radius 2 is 1.93 bits per heavy atom. The number of nitrogens with one attached hydrogen (secondary N) is 1. The minimum Gasteiger partial charge on any atom is -0.379 e. The molecule has 0 amide bonds. The van der Waals surface area contributed by atoms with Crippen LogP contribution in [0, 0.1) is 6.92 Å². The van der Waals surface area contributed by atoms with Crippen LogP contribution < -0.4 is 4.72 Å². The third kappa shape index (κ3) is 5.10. The van der Waals surface area contributed by atoms with Crippen LogP contribution in [0.2, 0.25) is 5.02 Å². The first kappa shape index (κ1) is 20.8. The number of ether oxygens (including phenoxy) is 1. The first-order valence-electron chi connectivity index (χ1n) is 8.70. The normalized spacial score (nSPS) is 17.0. The van der Waals surface area contributed by atoms with E-state index in [1.807, 2.05) is 31.2 Å². The van der Waals surface area contributed by atoms with Gasteiger partial charge in [0.2, 0.25) is 10.0 Å². The number of benzene rings is 2. The van der Waals surface area contributed by atoms with E-state index in [-0.39, 0.29) is 17.5 Å². The van der Waals surface area contributed by atoms with Gasteiger partial charge in [0.1, 0.15) is 0 Å². The Kier molecular flexibility index (Phi) is 6.94. The van der Waals surface area contributed by atoms with Crippen LogP contribution in [0.15, 0.2) is 51.8 Å². The van der Waals surface area contributed by atoms with E-state index in [9.17, 15) is 8.42 Å². The highest BCUT2D eigenvalue weighted by molar-refractivity contribution is 9.10. The molecule has 2 aromatic rings. The van der Waals surface area contributed by atoms with Gasteiger partial charge in [-0.05, 0) is 52.2 Å². The van der Waals surface area contributed by atoms with E-state index < -0.39 is 10.0 Å². The van der Waals surface area contributed by atoms with Gasteiger partial charge in [-0.3, -0.25) is 4.90 Å². The van der Waals surface area contributed by atoms with Gasteiger partial charge in [-0.1, -0.05) is 35.9 Å². The monoisotopic (exact) mass is 472 g/mol. The van der Waals surface area contributed by atoms with Crippen LogP contribution >= 0.6 is 27.5 Å². The van der Waals surface area contributed by atoms with Gasteiger partial charge in [-0.2, -0.15) is 0 Å². The van der Waals surface area contributed by atoms with Gasteiger partial charge in [-0.25, -0.2) is 13.1 Å². The van der Waals surface area contributed by atoms with Crippen LogP contribution in [0.5, 0.6) is 0 Å². The highest BCUT2D eigenvalue weighted by atomic mass is 79.9. The molecule has 3 rings (SSSR count). The maximum atomic E-state index is 12.9. The second-order valence-corrected chi connectivity index (χ2v) is 9.47. The zero-order valence-corrected chi connectivity index (χ0v) is 18.1. The molecule has 1 aliphatic heterocycles. The molecule has 1 atom stereocenters. The van der Waals surface area contributed by atoms with Crippen LogP contribution in [-0.4, -0.2) is 46.2 Å². The zero-order valence-electron chi connectivity index (χ0n) is 15.0. The van der Waals surface area contributed by atoms with Crippen molar-refractivity contribution in [1.82, 2.24) is 9.62 Å². The number of aryl methyl sites for hydroxylation is 1. The van der Waals surface area contributed by atoms with Crippen molar-refractivity contribution in [3.8, 4) is 0 Å². The van der Waals surface area contributed by atoms with Crippen molar-refractivity contribution in [2.24, 2.45) is 0 Å². The van der Waals surface area contributed by atoms with Gasteiger partial charge < -0.3 is 4.74 Å². The average molecular weight is 474 g/mol. The van der Waals surface area contributed by atoms with E-state index in [0.717, 1.165) is 24.2 Å². The van der Waals surface area contributed by atoms with E-state index in [2.05, 4.69) is 25.6 Å². The number of halogens is 2. The quantitative estimate of drug-likeness (QED) is 0.694. The van der Waals surface area contributed by atoms with E-state index in [1.165, 1.54) is 0 Å². The fourth-order valence-corrected chi connectivity index (χ4v) is 5.65. The standard InChI is InChI=1S/C19H22BrClN2O3S/c1-14-6-7-19(16(20)12-14)27(24,25)22-13-18(23-8-10-26-11-9-23)15-4-2-3-5-17(15)21/h2-7,12,18,22H,8-11,13H2,1H3/t18-/m0/s1. The number of hydrogen-bond acceptors (Lipinski definition) is 4. The summed E-state index contributed by atoms with van der Waals surface area (Å²) in [4.78, 5) is 2.44. The summed E-state index contributed by atoms with van der Waals surface area (Å²) >= 11 is 9.76. The number of morpholine rings is 1. The van der Waals surface area contributed by atoms with E-state index in [1.54, 1.807) is 18.2 Å². The Bertz CT molecular complexity index is 902. The molecular weight excluding hydrogens is 452 g/mol. The van der Waals surface area contributed by atoms with Crippen molar-refractivity contribution >= 4 is 37.6 Å². The third-order valence-electron chi connectivity index (χ3n) is 4.59. The SMILES string of the molecule is Cc1ccc(S(=O)(=O)NC[C@@H](c2ccccc2Cl)N2CCOCC2)c(Br)c1. The highest BCUT2D eigenvalue weighted by Gasteiger charge is 2.27. The van der Waals surface area contributed by atoms with Crippen molar-refractivity contribution in [2.45, 2.75) is 17.9 Å². The molecule has 0 spiro atoms. The summed E-state index contributed by atoms with van der Waals surface area (Å²) in [6, 6.07) is 12.6. The molecule has 1 heterocycles. The molecule has 1 fully saturated rings. The molecule has 2 aromatic carbocycles. The average Bonchev–Trinajstić information content (AvgIpc) is 2.64. The Hall–Kier alpha value is -0.960. The number of sulfonamides is 1. The molecular formula is C19H22BrClN2O3S. The van der Waals surface area contributed by atoms with Crippen LogP contribution in [0.25, 0.3) is 0 Å². The molecule has 8 heteroatoms. The number of hydrogen-bond donors (Lipinski definition) is 1. The lowest BCUT2D eigenvalue weighted by Gasteiger charge is -2.35. The van der Waals surface area contributed by atoms with Crippen molar-refractivity contribution in [3.63, 3.8) is 0 Å². The fraction of sp³-hybridized carbons (Fsp3) is 0.368. The molecule has 0 saturated carbocycles. The molecule has 1 aliphatic rings. The molecule has 0 aromatic heterocycles. The second-order valence-electron chi connectivity index (χ2n) is 6.47. The first-order valence-corrected chi connectivity index (χ1v) is 11.4. The predicted molar refractivity (Wildman–Crippen MR) is 111 cm³/mol. The summed E-state index contributed by atoms with van der Waals surface area (Å²) in [5, 5.41) is 0.629. The van der Waals surface area contributed by atoms with Crippen LogP contribution in [0.4, 0.5) is 0 Å². The van der Waals surface area contributed by atoms with Crippen LogP contribution in [-0.2, 0) is 14.8 Å². The fourth-order valence-electron chi connectivity index (χ4n) is 3.16. The van der Waals surface area contributed by atoms with E-state index >= 15 is 0 Å². The summed E-state index contributed by atoms with van der Waals surface area (Å²) in [5.74, 6) is 0. The van der Waals surface area contributed by atoms with Crippen molar-refractivity contribution in [2.75, 3.05) is 32.8 Å². The lowest BCUT2D eigenvalue weighted by atomic mass is 10.0. The molecule has 1 N–H and O–H groups in total. The van der Waals surface area contributed by atoms with Crippen molar-refractivity contribution in [3.05, 3.63) is 63.1 Å². The molecule has 27 heavy (non-hydrogen) atoms. The number of nitrogens with zero attached hydrogens (tertiary/aromatic N) is 1. The Morgan fingerprint density at radius 1 is 1.22 bits per heavy atom. The lowest BCUT2D eigenvalue weighted by molar-refractivity contribution is 0.0172. The molecule has 0 radical (unpaired) electrons. The second kappa shape index (κ2) is 9.03. The zero-order chi connectivity index (χ0) is 19.4. The van der Waals surface area contributed by atoms with Gasteiger partial charge in [-0.15, -0.1) is 0 Å². The summed E-state index contributed by atoms with van der Waals surface area (Å²) < 4.78 is 34.5. The summed E-state index contributed by atoms with van der Waals surface area (Å²) in [6.07, 6.45) is 0. The highest BCUT2D eigenvalue weighted by Crippen LogP contribution is 2.29. The van der Waals surface area contributed by atoms with Gasteiger partial charge >= 0.3 is 0 Å². The minimum atomic E-state index is -3.66. The van der Waals surface area contributed by atoms with E-state index in [4.69, 9.17) is 16.3 Å². The summed E-state index contributed by atoms with van der Waals surface area (Å²) in [5.41, 5.74) is 1.90. The van der Waals surface area contributed by atoms with Gasteiger partial charge in [0.05, 0.1) is 18.1 Å². The summed E-state index contributed by atoms with van der Waals surface area (Å²) in [6.45, 7) is 4.85. The Balaban J connectivity index is 1.85. The maximum Gasteiger partial charge on any atom is 0.241 e. The maximum absolute atomic E-state index is 12.9. The number of rotatable bonds is 6. The molecule has 0 aliphatic carbocycles. The summed E-state index contributed by atoms with van der Waals surface area (Å²) in [7, 11) is -3.66. The van der Waals surface area contributed by atoms with Gasteiger partial charge in [0.25, 0.3) is 0 Å². The van der Waals surface area contributed by atoms with Crippen molar-refractivity contribution in [1.29, 1.82) is 0 Å². The molecule has 0 bridgehead atoms. The molecule has 1 saturated heterocycles. The first-order chi connectivity index (χ1) is 12.9. The van der Waals surface area contributed by atoms with Gasteiger partial charge in [0, 0.05) is 35.2 Å². The minimum absolute atomic E-state index is 0.165. The predicted octanol–water partition coefficient (Wildman–Crippen LogP) is 3.76. The van der Waals surface area contributed by atoms with Crippen LogP contribution in [0.3, 0.4) is 0 Å². The Morgan fingerprint density at radius 3 is 2.59 bits per heavy atom. The molecule has 146 valence electrons.